The van der Waals surface area contributed by atoms with E-state index in [-0.39, 0.29) is 34.6 Å². The van der Waals surface area contributed by atoms with Gasteiger partial charge >= 0.3 is 0 Å². The number of nitrogens with zero attached hydrogens (tertiary/aromatic N) is 3. The summed E-state index contributed by atoms with van der Waals surface area (Å²) in [5.74, 6) is 0.123. The Bertz CT molecular complexity index is 1460. The molecular formula is C24H16FN3O4. The largest absolute Gasteiger partial charge is 0.507 e. The van der Waals surface area contributed by atoms with Crippen molar-refractivity contribution in [3.05, 3.63) is 101 Å². The van der Waals surface area contributed by atoms with Crippen LogP contribution in [-0.4, -0.2) is 20.1 Å². The van der Waals surface area contributed by atoms with Gasteiger partial charge in [-0.05, 0) is 24.3 Å². The molecule has 32 heavy (non-hydrogen) atoms. The maximum absolute atomic E-state index is 13.1. The Labute approximate surface area is 180 Å². The van der Waals surface area contributed by atoms with E-state index in [4.69, 9.17) is 9.15 Å². The fourth-order valence-electron chi connectivity index (χ4n) is 3.31. The Morgan fingerprint density at radius 2 is 1.81 bits per heavy atom. The standard InChI is InChI=1S/C24H16FN3O4/c25-16-6-8-18(9-7-16)28-13-17(26-27-28)14-31-19-10-20(29)24-21(30)12-22(32-23(24)11-19)15-4-2-1-3-5-15/h1-13,29H,14H2. The van der Waals surface area contributed by atoms with Gasteiger partial charge in [-0.1, -0.05) is 35.5 Å². The zero-order valence-electron chi connectivity index (χ0n) is 16.6. The highest BCUT2D eigenvalue weighted by molar-refractivity contribution is 5.86. The maximum atomic E-state index is 13.1. The van der Waals surface area contributed by atoms with Gasteiger partial charge in [-0.2, -0.15) is 0 Å². The molecule has 1 N–H and O–H groups in total. The summed E-state index contributed by atoms with van der Waals surface area (Å²) in [5.41, 5.74) is 1.78. The molecule has 0 unspecified atom stereocenters. The van der Waals surface area contributed by atoms with E-state index in [9.17, 15) is 14.3 Å². The lowest BCUT2D eigenvalue weighted by atomic mass is 10.1. The molecule has 0 saturated heterocycles. The highest BCUT2D eigenvalue weighted by atomic mass is 19.1. The molecule has 0 fully saturated rings. The summed E-state index contributed by atoms with van der Waals surface area (Å²) in [7, 11) is 0. The number of halogens is 1. The summed E-state index contributed by atoms with van der Waals surface area (Å²) >= 11 is 0. The van der Waals surface area contributed by atoms with Crippen molar-refractivity contribution in [2.24, 2.45) is 0 Å². The van der Waals surface area contributed by atoms with Gasteiger partial charge < -0.3 is 14.3 Å². The number of hydrogen-bond donors (Lipinski definition) is 1. The van der Waals surface area contributed by atoms with E-state index >= 15 is 0 Å². The van der Waals surface area contributed by atoms with Crippen LogP contribution in [0, 0.1) is 5.82 Å². The van der Waals surface area contributed by atoms with Gasteiger partial charge in [-0.15, -0.1) is 5.10 Å². The molecule has 0 bridgehead atoms. The van der Waals surface area contributed by atoms with E-state index in [1.807, 2.05) is 30.3 Å². The van der Waals surface area contributed by atoms with Crippen molar-refractivity contribution in [1.29, 1.82) is 0 Å². The molecule has 2 aromatic heterocycles. The minimum absolute atomic E-state index is 0.0642. The van der Waals surface area contributed by atoms with E-state index in [1.54, 1.807) is 24.4 Å². The molecule has 0 aliphatic rings. The van der Waals surface area contributed by atoms with Crippen molar-refractivity contribution >= 4 is 11.0 Å². The number of benzene rings is 3. The van der Waals surface area contributed by atoms with Crippen LogP contribution in [-0.2, 0) is 6.61 Å². The van der Waals surface area contributed by atoms with Gasteiger partial charge in [0.05, 0.1) is 11.9 Å². The van der Waals surface area contributed by atoms with Gasteiger partial charge in [0.2, 0.25) is 0 Å². The summed E-state index contributed by atoms with van der Waals surface area (Å²) in [6, 6.07) is 19.3. The minimum Gasteiger partial charge on any atom is -0.507 e. The fourth-order valence-corrected chi connectivity index (χ4v) is 3.31. The van der Waals surface area contributed by atoms with Crippen molar-refractivity contribution in [1.82, 2.24) is 15.0 Å². The first-order valence-corrected chi connectivity index (χ1v) is 9.73. The van der Waals surface area contributed by atoms with Crippen LogP contribution in [0.25, 0.3) is 28.0 Å². The van der Waals surface area contributed by atoms with Crippen LogP contribution < -0.4 is 10.2 Å². The average Bonchev–Trinajstić information content (AvgIpc) is 3.27. The molecule has 3 aromatic carbocycles. The van der Waals surface area contributed by atoms with Crippen LogP contribution in [0.4, 0.5) is 4.39 Å². The second kappa shape index (κ2) is 7.99. The molecule has 5 rings (SSSR count). The van der Waals surface area contributed by atoms with Gasteiger partial charge in [0, 0.05) is 23.8 Å². The number of phenols is 1. The molecule has 158 valence electrons. The van der Waals surface area contributed by atoms with E-state index in [2.05, 4.69) is 10.3 Å². The van der Waals surface area contributed by atoms with Crippen LogP contribution in [0.3, 0.4) is 0 Å². The summed E-state index contributed by atoms with van der Waals surface area (Å²) in [6.07, 6.45) is 1.65. The normalized spacial score (nSPS) is 11.0. The molecule has 0 radical (unpaired) electrons. The molecule has 7 nitrogen and oxygen atoms in total. The first kappa shape index (κ1) is 19.5. The monoisotopic (exact) mass is 429 g/mol. The molecule has 8 heteroatoms. The number of phenolic OH excluding ortho intramolecular Hbond substituents is 1. The van der Waals surface area contributed by atoms with Crippen LogP contribution >= 0.6 is 0 Å². The highest BCUT2D eigenvalue weighted by Gasteiger charge is 2.13. The zero-order valence-corrected chi connectivity index (χ0v) is 16.6. The highest BCUT2D eigenvalue weighted by Crippen LogP contribution is 2.31. The topological polar surface area (TPSA) is 90.4 Å². The van der Waals surface area contributed by atoms with E-state index in [0.29, 0.717) is 22.9 Å². The van der Waals surface area contributed by atoms with Crippen molar-refractivity contribution in [3.8, 4) is 28.5 Å². The molecule has 2 heterocycles. The number of rotatable bonds is 5. The minimum atomic E-state index is -0.351. The Morgan fingerprint density at radius 3 is 2.59 bits per heavy atom. The van der Waals surface area contributed by atoms with E-state index in [0.717, 1.165) is 5.56 Å². The lowest BCUT2D eigenvalue weighted by Gasteiger charge is -2.08. The van der Waals surface area contributed by atoms with Crippen molar-refractivity contribution < 1.29 is 18.7 Å². The van der Waals surface area contributed by atoms with Crippen LogP contribution in [0.1, 0.15) is 5.69 Å². The fraction of sp³-hybridized carbons (Fsp3) is 0.0417. The van der Waals surface area contributed by atoms with E-state index in [1.165, 1.54) is 28.9 Å². The van der Waals surface area contributed by atoms with E-state index < -0.39 is 0 Å². The maximum Gasteiger partial charge on any atom is 0.197 e. The lowest BCUT2D eigenvalue weighted by Crippen LogP contribution is -2.02. The second-order valence-corrected chi connectivity index (χ2v) is 7.08. The summed E-state index contributed by atoms with van der Waals surface area (Å²) in [5, 5.41) is 18.5. The molecule has 0 aliphatic carbocycles. The van der Waals surface area contributed by atoms with Crippen LogP contribution in [0.15, 0.2) is 88.2 Å². The first-order chi connectivity index (χ1) is 15.6. The number of hydrogen-bond acceptors (Lipinski definition) is 6. The van der Waals surface area contributed by atoms with Gasteiger partial charge in [0.15, 0.2) is 5.43 Å². The van der Waals surface area contributed by atoms with Crippen LogP contribution in [0.2, 0.25) is 0 Å². The third-order valence-corrected chi connectivity index (χ3v) is 4.86. The zero-order chi connectivity index (χ0) is 22.1. The Balaban J connectivity index is 1.41. The molecule has 0 spiro atoms. The number of aromatic hydroxyl groups is 1. The van der Waals surface area contributed by atoms with Crippen molar-refractivity contribution in [2.75, 3.05) is 0 Å². The molecule has 0 aliphatic heterocycles. The molecule has 0 amide bonds. The van der Waals surface area contributed by atoms with Gasteiger partial charge in [-0.3, -0.25) is 4.79 Å². The third kappa shape index (κ3) is 3.81. The third-order valence-electron chi connectivity index (χ3n) is 4.86. The molecule has 0 saturated carbocycles. The summed E-state index contributed by atoms with van der Waals surface area (Å²) in [6.45, 7) is 0.0642. The van der Waals surface area contributed by atoms with Gasteiger partial charge in [-0.25, -0.2) is 9.07 Å². The van der Waals surface area contributed by atoms with Crippen molar-refractivity contribution in [3.63, 3.8) is 0 Å². The number of ether oxygens (including phenoxy) is 1. The van der Waals surface area contributed by atoms with Crippen LogP contribution in [0.5, 0.6) is 11.5 Å². The van der Waals surface area contributed by atoms with Gasteiger partial charge in [0.1, 0.15) is 46.3 Å². The summed E-state index contributed by atoms with van der Waals surface area (Å²) < 4.78 is 26.2. The summed E-state index contributed by atoms with van der Waals surface area (Å²) in [4.78, 5) is 12.5. The van der Waals surface area contributed by atoms with Crippen molar-refractivity contribution in [2.45, 2.75) is 6.61 Å². The molecule has 5 aromatic rings. The second-order valence-electron chi connectivity index (χ2n) is 7.08. The SMILES string of the molecule is O=c1cc(-c2ccccc2)oc2cc(OCc3cn(-c4ccc(F)cc4)nn3)cc(O)c12. The van der Waals surface area contributed by atoms with Gasteiger partial charge in [0.25, 0.3) is 0 Å². The average molecular weight is 429 g/mol. The predicted molar refractivity (Wildman–Crippen MR) is 115 cm³/mol. The Morgan fingerprint density at radius 1 is 1.03 bits per heavy atom. The first-order valence-electron chi connectivity index (χ1n) is 9.73. The Hall–Kier alpha value is -4.46. The number of aromatic nitrogens is 3. The smallest absolute Gasteiger partial charge is 0.197 e. The molecular weight excluding hydrogens is 413 g/mol. The molecule has 0 atom stereocenters. The number of fused-ring (bicyclic) bond motifs is 1. The predicted octanol–water partition coefficient (Wildman–Crippen LogP) is 4.46. The lowest BCUT2D eigenvalue weighted by molar-refractivity contribution is 0.299. The Kier molecular flexibility index (Phi) is 4.87. The quantitative estimate of drug-likeness (QED) is 0.444.